The number of epoxide rings is 1. The van der Waals surface area contributed by atoms with E-state index in [1.54, 1.807) is 0 Å². The predicted molar refractivity (Wildman–Crippen MR) is 30.0 cm³/mol. The molecule has 1 fully saturated rings. The van der Waals surface area contributed by atoms with E-state index >= 15 is 0 Å². The van der Waals surface area contributed by atoms with Gasteiger partial charge in [0.1, 0.15) is 7.28 Å². The molecule has 33 valence electrons. The average Bonchev–Trinajstić information content (AvgIpc) is 2.19. The van der Waals surface area contributed by atoms with Gasteiger partial charge in [-0.25, -0.2) is 0 Å². The van der Waals surface area contributed by atoms with Crippen molar-refractivity contribution in [3.63, 3.8) is 0 Å². The summed E-state index contributed by atoms with van der Waals surface area (Å²) in [4.78, 5) is 0. The molecule has 1 radical (unpaired) electrons. The fourth-order valence-electron chi connectivity index (χ4n) is 0.404. The number of ether oxygens (including phenoxy) is 1. The minimum Gasteiger partial charge on any atom is -0.375 e. The van der Waals surface area contributed by atoms with Crippen molar-refractivity contribution in [1.29, 1.82) is 0 Å². The van der Waals surface area contributed by atoms with Crippen LogP contribution in [0.5, 0.6) is 0 Å². The molecule has 0 aromatic carbocycles. The Morgan fingerprint density at radius 2 is 2.33 bits per heavy atom. The molecule has 1 nitrogen and oxygen atoms in total. The van der Waals surface area contributed by atoms with E-state index in [0.29, 0.717) is 11.8 Å². The molecular weight excluding hydrogens is 93.8 g/mol. The van der Waals surface area contributed by atoms with Crippen LogP contribution in [0, 0.1) is 0 Å². The van der Waals surface area contributed by atoms with Gasteiger partial charge in [-0.15, -0.1) is 9.24 Å². The normalized spacial score (nSPS) is 42.3. The van der Waals surface area contributed by atoms with Crippen LogP contribution in [0.3, 0.4) is 0 Å². The van der Waals surface area contributed by atoms with Gasteiger partial charge in [0.25, 0.3) is 0 Å². The van der Waals surface area contributed by atoms with Crippen LogP contribution >= 0.6 is 9.24 Å². The summed E-state index contributed by atoms with van der Waals surface area (Å²) >= 11 is 0. The molecular formula is C3H7BOP. The molecule has 3 heteroatoms. The zero-order chi connectivity index (χ0) is 4.57. The highest BCUT2D eigenvalue weighted by molar-refractivity contribution is 7.18. The Hall–Kier alpha value is 0.455. The first-order valence-electron chi connectivity index (χ1n) is 2.05. The van der Waals surface area contributed by atoms with Crippen LogP contribution in [-0.4, -0.2) is 19.1 Å². The smallest absolute Gasteiger partial charge is 0.150 e. The van der Waals surface area contributed by atoms with Crippen molar-refractivity contribution in [2.24, 2.45) is 0 Å². The van der Waals surface area contributed by atoms with Crippen LogP contribution in [0.2, 0.25) is 6.82 Å². The summed E-state index contributed by atoms with van der Waals surface area (Å²) in [5.74, 6) is 0.426. The molecule has 1 aliphatic rings. The summed E-state index contributed by atoms with van der Waals surface area (Å²) in [6.45, 7) is 2.01. The standard InChI is InChI=1S/C3H7BOP/c1-4-2-3(6)5-2/h2-3H,6H2,1H3. The second-order valence-electron chi connectivity index (χ2n) is 1.40. The third-order valence-electron chi connectivity index (χ3n) is 0.890. The van der Waals surface area contributed by atoms with Crippen LogP contribution < -0.4 is 0 Å². The van der Waals surface area contributed by atoms with Crippen LogP contribution in [0.4, 0.5) is 0 Å². The minimum atomic E-state index is 0.426. The molecule has 3 atom stereocenters. The third-order valence-corrected chi connectivity index (χ3v) is 1.43. The number of hydrogen-bond donors (Lipinski definition) is 0. The van der Waals surface area contributed by atoms with Gasteiger partial charge in [-0.1, -0.05) is 6.82 Å². The summed E-state index contributed by atoms with van der Waals surface area (Å²) in [6, 6.07) is 0.440. The Bertz CT molecular complexity index is 56.8. The van der Waals surface area contributed by atoms with E-state index in [4.69, 9.17) is 4.74 Å². The summed E-state index contributed by atoms with van der Waals surface area (Å²) in [5, 5.41) is 0. The summed E-state index contributed by atoms with van der Waals surface area (Å²) in [7, 11) is 4.65. The lowest BCUT2D eigenvalue weighted by Crippen LogP contribution is -1.93. The topological polar surface area (TPSA) is 12.5 Å². The highest BCUT2D eigenvalue weighted by Gasteiger charge is 2.31. The van der Waals surface area contributed by atoms with E-state index in [1.165, 1.54) is 0 Å². The van der Waals surface area contributed by atoms with Gasteiger partial charge >= 0.3 is 0 Å². The van der Waals surface area contributed by atoms with Crippen molar-refractivity contribution >= 4 is 16.5 Å². The first-order chi connectivity index (χ1) is 2.84. The first-order valence-corrected chi connectivity index (χ1v) is 2.72. The lowest BCUT2D eigenvalue weighted by Gasteiger charge is -1.68. The van der Waals surface area contributed by atoms with Gasteiger partial charge in [-0.2, -0.15) is 0 Å². The second-order valence-corrected chi connectivity index (χ2v) is 2.06. The molecule has 0 aromatic rings. The molecule has 1 saturated heterocycles. The summed E-state index contributed by atoms with van der Waals surface area (Å²) in [6.07, 6.45) is 0. The fourth-order valence-corrected chi connectivity index (χ4v) is 0.808. The lowest BCUT2D eigenvalue weighted by molar-refractivity contribution is 0.442. The summed E-state index contributed by atoms with van der Waals surface area (Å²) < 4.78 is 4.97. The lowest BCUT2D eigenvalue weighted by atomic mass is 9.78. The van der Waals surface area contributed by atoms with Crippen LogP contribution in [0.25, 0.3) is 0 Å². The van der Waals surface area contributed by atoms with Gasteiger partial charge in [0.2, 0.25) is 0 Å². The molecule has 6 heavy (non-hydrogen) atoms. The molecule has 3 unspecified atom stereocenters. The van der Waals surface area contributed by atoms with Crippen molar-refractivity contribution in [3.8, 4) is 0 Å². The Balaban J connectivity index is 2.09. The number of hydrogen-bond acceptors (Lipinski definition) is 1. The van der Waals surface area contributed by atoms with E-state index in [-0.39, 0.29) is 0 Å². The van der Waals surface area contributed by atoms with E-state index < -0.39 is 0 Å². The molecule has 0 saturated carbocycles. The van der Waals surface area contributed by atoms with Crippen molar-refractivity contribution < 1.29 is 4.74 Å². The zero-order valence-electron chi connectivity index (χ0n) is 3.72. The molecule has 1 aliphatic heterocycles. The monoisotopic (exact) mass is 101 g/mol. The average molecular weight is 101 g/mol. The highest BCUT2D eigenvalue weighted by Crippen LogP contribution is 2.26. The van der Waals surface area contributed by atoms with E-state index in [0.717, 1.165) is 0 Å². The summed E-state index contributed by atoms with van der Waals surface area (Å²) in [5.41, 5.74) is 0. The van der Waals surface area contributed by atoms with E-state index in [9.17, 15) is 0 Å². The largest absolute Gasteiger partial charge is 0.375 e. The molecule has 0 spiro atoms. The van der Waals surface area contributed by atoms with Crippen molar-refractivity contribution in [2.45, 2.75) is 18.7 Å². The predicted octanol–water partition coefficient (Wildman–Crippen LogP) is 0.296. The van der Waals surface area contributed by atoms with Gasteiger partial charge in [0.15, 0.2) is 0 Å². The molecule has 1 rings (SSSR count). The van der Waals surface area contributed by atoms with Gasteiger partial charge < -0.3 is 4.74 Å². The SMILES string of the molecule is C[B]C1OC1P. The second kappa shape index (κ2) is 1.51. The molecule has 0 aromatic heterocycles. The Morgan fingerprint density at radius 1 is 1.83 bits per heavy atom. The van der Waals surface area contributed by atoms with Crippen LogP contribution in [0.1, 0.15) is 0 Å². The third kappa shape index (κ3) is 0.744. The first kappa shape index (κ1) is 4.61. The maximum atomic E-state index is 4.97. The molecule has 1 heterocycles. The van der Waals surface area contributed by atoms with Gasteiger partial charge in [0.05, 0.1) is 11.8 Å². The Labute approximate surface area is 40.9 Å². The van der Waals surface area contributed by atoms with Crippen LogP contribution in [-0.2, 0) is 4.74 Å². The zero-order valence-corrected chi connectivity index (χ0v) is 4.87. The Morgan fingerprint density at radius 3 is 2.33 bits per heavy atom. The van der Waals surface area contributed by atoms with Gasteiger partial charge in [-0.3, -0.25) is 0 Å². The van der Waals surface area contributed by atoms with Crippen molar-refractivity contribution in [2.75, 3.05) is 0 Å². The van der Waals surface area contributed by atoms with Crippen LogP contribution in [0.15, 0.2) is 0 Å². The molecule has 0 bridgehead atoms. The number of rotatable bonds is 1. The quantitative estimate of drug-likeness (QED) is 0.263. The highest BCUT2D eigenvalue weighted by atomic mass is 31.0. The molecule has 0 aliphatic carbocycles. The van der Waals surface area contributed by atoms with E-state index in [1.807, 2.05) is 6.82 Å². The van der Waals surface area contributed by atoms with Gasteiger partial charge in [-0.05, 0) is 0 Å². The Kier molecular flexibility index (Phi) is 1.16. The van der Waals surface area contributed by atoms with E-state index in [2.05, 4.69) is 16.5 Å². The van der Waals surface area contributed by atoms with Crippen molar-refractivity contribution in [3.05, 3.63) is 0 Å². The van der Waals surface area contributed by atoms with Crippen molar-refractivity contribution in [1.82, 2.24) is 0 Å². The minimum absolute atomic E-state index is 0.426. The van der Waals surface area contributed by atoms with Gasteiger partial charge in [0, 0.05) is 0 Å². The molecule has 0 N–H and O–H groups in total. The maximum Gasteiger partial charge on any atom is 0.150 e. The molecule has 0 amide bonds. The maximum absolute atomic E-state index is 4.97. The fraction of sp³-hybridized carbons (Fsp3) is 1.00.